The van der Waals surface area contributed by atoms with Gasteiger partial charge in [-0.1, -0.05) is 50.5 Å². The van der Waals surface area contributed by atoms with Crippen molar-refractivity contribution in [2.45, 2.75) is 57.5 Å². The van der Waals surface area contributed by atoms with Crippen LogP contribution in [0.4, 0.5) is 0 Å². The molecule has 2 aromatic carbocycles. The maximum atomic E-state index is 11.6. The Kier molecular flexibility index (Phi) is 9.26. The van der Waals surface area contributed by atoms with Gasteiger partial charge in [0.2, 0.25) is 0 Å². The highest BCUT2D eigenvalue weighted by atomic mass is 32.2. The van der Waals surface area contributed by atoms with E-state index in [0.29, 0.717) is 12.4 Å². The second-order valence-electron chi connectivity index (χ2n) is 6.47. The molecule has 0 aromatic heterocycles. The third-order valence-electron chi connectivity index (χ3n) is 4.24. The predicted octanol–water partition coefficient (Wildman–Crippen LogP) is 6.36. The Morgan fingerprint density at radius 3 is 2.15 bits per heavy atom. The van der Waals surface area contributed by atoms with E-state index < -0.39 is 6.10 Å². The summed E-state index contributed by atoms with van der Waals surface area (Å²) in [7, 11) is 0. The molecule has 0 amide bonds. The van der Waals surface area contributed by atoms with Crippen LogP contribution in [0.3, 0.4) is 0 Å². The number of thioether (sulfide) groups is 1. The minimum absolute atomic E-state index is 0.343. The van der Waals surface area contributed by atoms with Gasteiger partial charge in [0.25, 0.3) is 0 Å². The van der Waals surface area contributed by atoms with Gasteiger partial charge in [0.15, 0.2) is 6.10 Å². The van der Waals surface area contributed by atoms with Crippen molar-refractivity contribution in [3.05, 3.63) is 48.5 Å². The Morgan fingerprint density at radius 1 is 0.926 bits per heavy atom. The Bertz CT molecular complexity index is 680. The van der Waals surface area contributed by atoms with Crippen LogP contribution in [0.15, 0.2) is 53.4 Å². The molecule has 0 unspecified atom stereocenters. The topological polar surface area (TPSA) is 35.5 Å². The van der Waals surface area contributed by atoms with Gasteiger partial charge in [-0.15, -0.1) is 11.8 Å². The first-order chi connectivity index (χ1) is 13.1. The molecular weight excluding hydrogens is 356 g/mol. The molecule has 27 heavy (non-hydrogen) atoms. The van der Waals surface area contributed by atoms with E-state index in [1.807, 2.05) is 36.0 Å². The maximum absolute atomic E-state index is 11.6. The first-order valence-corrected chi connectivity index (χ1v) is 10.8. The number of rotatable bonds is 11. The summed E-state index contributed by atoms with van der Waals surface area (Å²) >= 11 is 1.93. The summed E-state index contributed by atoms with van der Waals surface area (Å²) in [5.74, 6) is 1.51. The summed E-state index contributed by atoms with van der Waals surface area (Å²) in [5, 5.41) is 0. The first-order valence-electron chi connectivity index (χ1n) is 9.80. The van der Waals surface area contributed by atoms with Gasteiger partial charge in [0.1, 0.15) is 5.75 Å². The van der Waals surface area contributed by atoms with Gasteiger partial charge in [-0.2, -0.15) is 0 Å². The molecule has 0 spiro atoms. The number of unbranched alkanes of at least 4 members (excludes halogenated alkanes) is 3. The number of hydrogen-bond donors (Lipinski definition) is 0. The van der Waals surface area contributed by atoms with Crippen LogP contribution in [-0.2, 0) is 9.53 Å². The smallest absolute Gasteiger partial charge is 0.347 e. The molecule has 0 radical (unpaired) electrons. The van der Waals surface area contributed by atoms with Crippen molar-refractivity contribution < 1.29 is 14.3 Å². The Balaban J connectivity index is 1.88. The zero-order valence-electron chi connectivity index (χ0n) is 16.6. The van der Waals surface area contributed by atoms with E-state index in [0.717, 1.165) is 5.56 Å². The van der Waals surface area contributed by atoms with Crippen LogP contribution in [-0.4, -0.2) is 24.4 Å². The van der Waals surface area contributed by atoms with Crippen molar-refractivity contribution in [2.75, 3.05) is 12.4 Å². The number of ether oxygens (including phenoxy) is 2. The molecule has 0 fully saturated rings. The van der Waals surface area contributed by atoms with E-state index in [4.69, 9.17) is 9.47 Å². The zero-order valence-corrected chi connectivity index (χ0v) is 17.4. The third kappa shape index (κ3) is 7.30. The summed E-state index contributed by atoms with van der Waals surface area (Å²) in [5.41, 5.74) is 2.31. The van der Waals surface area contributed by atoms with Crippen LogP contribution >= 0.6 is 11.8 Å². The van der Waals surface area contributed by atoms with Crippen LogP contribution in [0.2, 0.25) is 0 Å². The van der Waals surface area contributed by atoms with Crippen LogP contribution < -0.4 is 4.74 Å². The van der Waals surface area contributed by atoms with Crippen LogP contribution in [0.25, 0.3) is 11.1 Å². The molecule has 0 aliphatic heterocycles. The highest BCUT2D eigenvalue weighted by molar-refractivity contribution is 7.99. The summed E-state index contributed by atoms with van der Waals surface area (Å²) in [6, 6.07) is 16.5. The van der Waals surface area contributed by atoms with Crippen LogP contribution in [0.5, 0.6) is 5.75 Å². The minimum Gasteiger partial charge on any atom is -0.479 e. The lowest BCUT2D eigenvalue weighted by Gasteiger charge is -2.13. The fourth-order valence-electron chi connectivity index (χ4n) is 2.70. The highest BCUT2D eigenvalue weighted by Crippen LogP contribution is 2.26. The average Bonchev–Trinajstić information content (AvgIpc) is 2.69. The number of esters is 1. The predicted molar refractivity (Wildman–Crippen MR) is 113 cm³/mol. The zero-order chi connectivity index (χ0) is 19.5. The van der Waals surface area contributed by atoms with E-state index in [-0.39, 0.29) is 5.97 Å². The number of carbonyl (C=O) groups is 1. The number of hydrogen-bond acceptors (Lipinski definition) is 4. The van der Waals surface area contributed by atoms with Gasteiger partial charge < -0.3 is 9.47 Å². The van der Waals surface area contributed by atoms with Gasteiger partial charge >= 0.3 is 5.97 Å². The summed E-state index contributed by atoms with van der Waals surface area (Å²) in [4.78, 5) is 13.0. The second-order valence-corrected chi connectivity index (χ2v) is 7.64. The van der Waals surface area contributed by atoms with E-state index >= 15 is 0 Å². The van der Waals surface area contributed by atoms with E-state index in [1.54, 1.807) is 13.8 Å². The summed E-state index contributed by atoms with van der Waals surface area (Å²) in [6.45, 7) is 6.09. The molecule has 0 saturated heterocycles. The van der Waals surface area contributed by atoms with E-state index in [9.17, 15) is 4.79 Å². The summed E-state index contributed by atoms with van der Waals surface area (Å²) in [6.07, 6.45) is 4.61. The van der Waals surface area contributed by atoms with Crippen molar-refractivity contribution in [1.29, 1.82) is 0 Å². The molecule has 4 heteroatoms. The highest BCUT2D eigenvalue weighted by Gasteiger charge is 2.15. The van der Waals surface area contributed by atoms with Crippen LogP contribution in [0.1, 0.15) is 46.5 Å². The largest absolute Gasteiger partial charge is 0.479 e. The Labute approximate surface area is 167 Å². The number of carbonyl (C=O) groups excluding carboxylic acids is 1. The average molecular weight is 387 g/mol. The van der Waals surface area contributed by atoms with E-state index in [2.05, 4.69) is 31.2 Å². The van der Waals surface area contributed by atoms with Crippen molar-refractivity contribution in [1.82, 2.24) is 0 Å². The Morgan fingerprint density at radius 2 is 1.56 bits per heavy atom. The molecule has 2 rings (SSSR count). The number of benzene rings is 2. The lowest BCUT2D eigenvalue weighted by Crippen LogP contribution is -2.25. The Hall–Kier alpha value is -1.94. The van der Waals surface area contributed by atoms with Crippen molar-refractivity contribution in [2.24, 2.45) is 0 Å². The molecule has 2 aromatic rings. The quantitative estimate of drug-likeness (QED) is 0.256. The molecule has 0 saturated carbocycles. The molecule has 0 heterocycles. The lowest BCUT2D eigenvalue weighted by molar-refractivity contribution is -0.150. The van der Waals surface area contributed by atoms with E-state index in [1.165, 1.54) is 41.9 Å². The monoisotopic (exact) mass is 386 g/mol. The molecule has 1 atom stereocenters. The fourth-order valence-corrected chi connectivity index (χ4v) is 3.61. The minimum atomic E-state index is -0.607. The SMILES string of the molecule is CCCCCCSc1ccc(-c2ccc(O[C@H](C)C(=O)OCC)cc2)cc1. The molecular formula is C23H30O3S. The maximum Gasteiger partial charge on any atom is 0.347 e. The molecule has 0 aliphatic carbocycles. The standard InChI is InChI=1S/C23H30O3S/c1-4-6-7-8-17-27-22-15-11-20(12-16-22)19-9-13-21(14-10-19)26-18(3)23(24)25-5-2/h9-16,18H,4-8,17H2,1-3H3/t18-/m1/s1. The first kappa shape index (κ1) is 21.4. The van der Waals surface area contributed by atoms with Crippen molar-refractivity contribution in [3.8, 4) is 16.9 Å². The summed E-state index contributed by atoms with van der Waals surface area (Å²) < 4.78 is 10.6. The van der Waals surface area contributed by atoms with Gasteiger partial charge in [-0.25, -0.2) is 4.79 Å². The fraction of sp³-hybridized carbons (Fsp3) is 0.435. The van der Waals surface area contributed by atoms with Gasteiger partial charge in [-0.3, -0.25) is 0 Å². The van der Waals surface area contributed by atoms with Gasteiger partial charge in [-0.05, 0) is 61.4 Å². The second kappa shape index (κ2) is 11.7. The van der Waals surface area contributed by atoms with Gasteiger partial charge in [0.05, 0.1) is 6.61 Å². The lowest BCUT2D eigenvalue weighted by atomic mass is 10.1. The molecule has 0 N–H and O–H groups in total. The van der Waals surface area contributed by atoms with Gasteiger partial charge in [0, 0.05) is 4.90 Å². The third-order valence-corrected chi connectivity index (χ3v) is 5.34. The van der Waals surface area contributed by atoms with Crippen molar-refractivity contribution in [3.63, 3.8) is 0 Å². The normalized spacial score (nSPS) is 11.8. The molecule has 146 valence electrons. The molecule has 0 bridgehead atoms. The van der Waals surface area contributed by atoms with Crippen LogP contribution in [0, 0.1) is 0 Å². The molecule has 0 aliphatic rings. The van der Waals surface area contributed by atoms with Crippen molar-refractivity contribution >= 4 is 17.7 Å². The molecule has 3 nitrogen and oxygen atoms in total.